The van der Waals surface area contributed by atoms with E-state index in [4.69, 9.17) is 9.56 Å². The van der Waals surface area contributed by atoms with E-state index in [9.17, 15) is 13.5 Å². The van der Waals surface area contributed by atoms with Gasteiger partial charge in [-0.05, 0) is 26.0 Å². The van der Waals surface area contributed by atoms with Crippen LogP contribution < -0.4 is 10.5 Å². The van der Waals surface area contributed by atoms with Crippen LogP contribution in [0.5, 0.6) is 0 Å². The van der Waals surface area contributed by atoms with Crippen LogP contribution in [0.2, 0.25) is 0 Å². The van der Waals surface area contributed by atoms with Gasteiger partial charge < -0.3 is 14.8 Å². The first-order valence-corrected chi connectivity index (χ1v) is 6.28. The van der Waals surface area contributed by atoms with E-state index in [2.05, 4.69) is 5.32 Å². The normalized spacial score (nSPS) is 13.0. The molecule has 0 radical (unpaired) electrons. The number of nitrogens with two attached hydrogens (primary N) is 1. The van der Waals surface area contributed by atoms with Gasteiger partial charge in [0.05, 0.1) is 12.1 Å². The Morgan fingerprint density at radius 3 is 2.56 bits per heavy atom. The molecule has 1 aromatic heterocycles. The van der Waals surface area contributed by atoms with Crippen molar-refractivity contribution in [3.05, 3.63) is 17.9 Å². The van der Waals surface area contributed by atoms with Gasteiger partial charge in [-0.1, -0.05) is 0 Å². The highest BCUT2D eigenvalue weighted by Gasteiger charge is 2.14. The number of hydrogen-bond donors (Lipinski definition) is 3. The molecule has 16 heavy (non-hydrogen) atoms. The summed E-state index contributed by atoms with van der Waals surface area (Å²) in [5.41, 5.74) is -0.824. The predicted molar refractivity (Wildman–Crippen MR) is 58.1 cm³/mol. The van der Waals surface area contributed by atoms with Gasteiger partial charge in [0.1, 0.15) is 5.76 Å². The molecule has 0 spiro atoms. The van der Waals surface area contributed by atoms with Crippen LogP contribution >= 0.6 is 0 Å². The molecule has 7 heteroatoms. The zero-order valence-electron chi connectivity index (χ0n) is 9.23. The lowest BCUT2D eigenvalue weighted by Crippen LogP contribution is -2.34. The second kappa shape index (κ2) is 4.54. The Kier molecular flexibility index (Phi) is 3.74. The third-order valence-electron chi connectivity index (χ3n) is 1.77. The van der Waals surface area contributed by atoms with E-state index in [0.717, 1.165) is 0 Å². The van der Waals surface area contributed by atoms with Crippen molar-refractivity contribution in [3.63, 3.8) is 0 Å². The van der Waals surface area contributed by atoms with Crippen molar-refractivity contribution < 1.29 is 17.9 Å². The summed E-state index contributed by atoms with van der Waals surface area (Å²) in [6, 6.07) is 2.83. The van der Waals surface area contributed by atoms with Crippen molar-refractivity contribution in [2.24, 2.45) is 5.14 Å². The monoisotopic (exact) mass is 248 g/mol. The zero-order chi connectivity index (χ0) is 12.4. The smallest absolute Gasteiger partial charge is 0.271 e. The number of furan rings is 1. The highest BCUT2D eigenvalue weighted by atomic mass is 32.2. The summed E-state index contributed by atoms with van der Waals surface area (Å²) in [6.07, 6.45) is 0. The SMILES string of the molecule is CC(C)(O)CNCc1ccc(S(N)(=O)=O)o1. The molecular weight excluding hydrogens is 232 g/mol. The molecule has 0 amide bonds. The first kappa shape index (κ1) is 13.2. The minimum absolute atomic E-state index is 0.257. The fourth-order valence-electron chi connectivity index (χ4n) is 1.10. The molecule has 0 unspecified atom stereocenters. The molecule has 1 aromatic rings. The van der Waals surface area contributed by atoms with Crippen LogP contribution in [0.15, 0.2) is 21.6 Å². The van der Waals surface area contributed by atoms with Gasteiger partial charge in [-0.2, -0.15) is 0 Å². The third-order valence-corrected chi connectivity index (χ3v) is 2.55. The van der Waals surface area contributed by atoms with Gasteiger partial charge in [0.15, 0.2) is 0 Å². The van der Waals surface area contributed by atoms with Crippen LogP contribution in [-0.4, -0.2) is 25.7 Å². The van der Waals surface area contributed by atoms with E-state index in [1.165, 1.54) is 12.1 Å². The molecule has 1 rings (SSSR count). The van der Waals surface area contributed by atoms with Gasteiger partial charge in [0.2, 0.25) is 5.09 Å². The van der Waals surface area contributed by atoms with E-state index in [1.54, 1.807) is 13.8 Å². The summed E-state index contributed by atoms with van der Waals surface area (Å²) in [5, 5.41) is 17.0. The number of primary sulfonamides is 1. The highest BCUT2D eigenvalue weighted by molar-refractivity contribution is 7.89. The predicted octanol–water partition coefficient (Wildman–Crippen LogP) is -0.212. The van der Waals surface area contributed by atoms with Crippen molar-refractivity contribution >= 4 is 10.0 Å². The Hall–Kier alpha value is -0.890. The lowest BCUT2D eigenvalue weighted by atomic mass is 10.1. The first-order chi connectivity index (χ1) is 7.18. The molecule has 1 heterocycles. The standard InChI is InChI=1S/C9H16N2O4S/c1-9(2,12)6-11-5-7-3-4-8(15-7)16(10,13)14/h3-4,11-12H,5-6H2,1-2H3,(H2,10,13,14). The molecule has 0 fully saturated rings. The van der Waals surface area contributed by atoms with E-state index in [-0.39, 0.29) is 5.09 Å². The highest BCUT2D eigenvalue weighted by Crippen LogP contribution is 2.12. The molecule has 0 saturated carbocycles. The van der Waals surface area contributed by atoms with Crippen LogP contribution in [0.1, 0.15) is 19.6 Å². The van der Waals surface area contributed by atoms with Gasteiger partial charge in [0.25, 0.3) is 10.0 Å². The molecule has 6 nitrogen and oxygen atoms in total. The number of rotatable bonds is 5. The topological polar surface area (TPSA) is 106 Å². The van der Waals surface area contributed by atoms with Gasteiger partial charge in [0, 0.05) is 6.54 Å². The van der Waals surface area contributed by atoms with Crippen molar-refractivity contribution in [3.8, 4) is 0 Å². The average Bonchev–Trinajstić information content (AvgIpc) is 2.49. The summed E-state index contributed by atoms with van der Waals surface area (Å²) >= 11 is 0. The summed E-state index contributed by atoms with van der Waals surface area (Å²) in [7, 11) is -3.78. The lowest BCUT2D eigenvalue weighted by molar-refractivity contribution is 0.0789. The third kappa shape index (κ3) is 4.31. The lowest BCUT2D eigenvalue weighted by Gasteiger charge is -2.16. The number of sulfonamides is 1. The fraction of sp³-hybridized carbons (Fsp3) is 0.556. The number of aliphatic hydroxyl groups is 1. The number of nitrogens with one attached hydrogen (secondary N) is 1. The molecule has 0 aliphatic carbocycles. The number of hydrogen-bond acceptors (Lipinski definition) is 5. The van der Waals surface area contributed by atoms with Gasteiger partial charge >= 0.3 is 0 Å². The molecule has 0 saturated heterocycles. The minimum atomic E-state index is -3.78. The molecule has 0 aliphatic rings. The van der Waals surface area contributed by atoms with Crippen molar-refractivity contribution in [1.82, 2.24) is 5.32 Å². The van der Waals surface area contributed by atoms with Crippen LogP contribution in [0.4, 0.5) is 0 Å². The van der Waals surface area contributed by atoms with Crippen LogP contribution in [0, 0.1) is 0 Å². The maximum absolute atomic E-state index is 10.9. The molecular formula is C9H16N2O4S. The molecule has 0 bridgehead atoms. The van der Waals surface area contributed by atoms with Gasteiger partial charge in [-0.25, -0.2) is 13.6 Å². The molecule has 4 N–H and O–H groups in total. The second-order valence-corrected chi connectivity index (χ2v) is 5.67. The summed E-state index contributed by atoms with van der Waals surface area (Å²) in [6.45, 7) is 4.04. The first-order valence-electron chi connectivity index (χ1n) is 4.73. The largest absolute Gasteiger partial charge is 0.447 e. The second-order valence-electron chi connectivity index (χ2n) is 4.18. The Bertz CT molecular complexity index is 444. The summed E-state index contributed by atoms with van der Waals surface area (Å²) in [5.74, 6) is 0.452. The van der Waals surface area contributed by atoms with Gasteiger partial charge in [-0.15, -0.1) is 0 Å². The minimum Gasteiger partial charge on any atom is -0.447 e. The fourth-order valence-corrected chi connectivity index (χ4v) is 1.58. The molecule has 0 atom stereocenters. The summed E-state index contributed by atoms with van der Waals surface area (Å²) in [4.78, 5) is 0. The van der Waals surface area contributed by atoms with Crippen molar-refractivity contribution in [1.29, 1.82) is 0 Å². The Balaban J connectivity index is 2.54. The molecule has 92 valence electrons. The summed E-state index contributed by atoms with van der Waals surface area (Å²) < 4.78 is 26.8. The van der Waals surface area contributed by atoms with Crippen molar-refractivity contribution in [2.75, 3.05) is 6.54 Å². The van der Waals surface area contributed by atoms with Crippen LogP contribution in [0.25, 0.3) is 0 Å². The quantitative estimate of drug-likeness (QED) is 0.668. The molecule has 0 aromatic carbocycles. The van der Waals surface area contributed by atoms with Crippen LogP contribution in [-0.2, 0) is 16.6 Å². The average molecular weight is 248 g/mol. The Morgan fingerprint density at radius 2 is 2.12 bits per heavy atom. The molecule has 0 aliphatic heterocycles. The van der Waals surface area contributed by atoms with Crippen LogP contribution in [0.3, 0.4) is 0 Å². The van der Waals surface area contributed by atoms with Crippen molar-refractivity contribution in [2.45, 2.75) is 31.1 Å². The van der Waals surface area contributed by atoms with E-state index >= 15 is 0 Å². The van der Waals surface area contributed by atoms with E-state index in [1.807, 2.05) is 0 Å². The Morgan fingerprint density at radius 1 is 1.50 bits per heavy atom. The maximum atomic E-state index is 10.9. The maximum Gasteiger partial charge on any atom is 0.271 e. The van der Waals surface area contributed by atoms with Gasteiger partial charge in [-0.3, -0.25) is 0 Å². The Labute approximate surface area is 94.5 Å². The van der Waals surface area contributed by atoms with E-state index < -0.39 is 15.6 Å². The zero-order valence-corrected chi connectivity index (χ0v) is 10.0. The van der Waals surface area contributed by atoms with E-state index in [0.29, 0.717) is 18.8 Å².